The maximum atomic E-state index is 11.7. The average Bonchev–Trinajstić information content (AvgIpc) is 2.99. The van der Waals surface area contributed by atoms with Gasteiger partial charge in [0.25, 0.3) is 5.91 Å². The van der Waals surface area contributed by atoms with Gasteiger partial charge in [-0.15, -0.1) is 11.3 Å². The quantitative estimate of drug-likeness (QED) is 0.792. The molecule has 5 heteroatoms. The summed E-state index contributed by atoms with van der Waals surface area (Å²) >= 11 is 4.82. The molecule has 1 aliphatic rings. The Balaban J connectivity index is 1.61. The van der Waals surface area contributed by atoms with E-state index in [-0.39, 0.29) is 5.91 Å². The molecule has 3 nitrogen and oxygen atoms in total. The van der Waals surface area contributed by atoms with E-state index in [0.29, 0.717) is 0 Å². The first-order chi connectivity index (χ1) is 7.77. The highest BCUT2D eigenvalue weighted by Gasteiger charge is 2.19. The molecule has 0 aromatic carbocycles. The van der Waals surface area contributed by atoms with Gasteiger partial charge >= 0.3 is 0 Å². The van der Waals surface area contributed by atoms with Crippen molar-refractivity contribution >= 4 is 33.2 Å². The van der Waals surface area contributed by atoms with Crippen LogP contribution in [0.4, 0.5) is 0 Å². The summed E-state index contributed by atoms with van der Waals surface area (Å²) in [6.07, 6.45) is 3.62. The third-order valence-corrected chi connectivity index (χ3v) is 4.31. The molecule has 0 aliphatic heterocycles. The maximum Gasteiger partial charge on any atom is 0.262 e. The van der Waals surface area contributed by atoms with Crippen molar-refractivity contribution in [3.8, 4) is 0 Å². The molecule has 0 spiro atoms. The van der Waals surface area contributed by atoms with Crippen LogP contribution in [0.25, 0.3) is 0 Å². The fourth-order valence-electron chi connectivity index (χ4n) is 1.42. The van der Waals surface area contributed by atoms with Crippen LogP contribution in [0, 0.1) is 0 Å². The summed E-state index contributed by atoms with van der Waals surface area (Å²) in [4.78, 5) is 12.4. The Hall–Kier alpha value is -0.390. The van der Waals surface area contributed by atoms with Crippen LogP contribution >= 0.6 is 27.3 Å². The molecule has 0 bridgehead atoms. The van der Waals surface area contributed by atoms with E-state index < -0.39 is 0 Å². The Morgan fingerprint density at radius 3 is 2.94 bits per heavy atom. The first-order valence-corrected chi connectivity index (χ1v) is 7.19. The van der Waals surface area contributed by atoms with Gasteiger partial charge in [-0.3, -0.25) is 4.79 Å². The molecular weight excluding hydrogens is 288 g/mol. The Morgan fingerprint density at radius 2 is 2.31 bits per heavy atom. The van der Waals surface area contributed by atoms with Crippen LogP contribution in [-0.2, 0) is 0 Å². The second-order valence-corrected chi connectivity index (χ2v) is 5.71. The zero-order chi connectivity index (χ0) is 11.4. The Labute approximate surface area is 108 Å². The molecule has 1 fully saturated rings. The van der Waals surface area contributed by atoms with Crippen molar-refractivity contribution in [1.29, 1.82) is 0 Å². The summed E-state index contributed by atoms with van der Waals surface area (Å²) in [5.41, 5.74) is 0. The molecule has 1 saturated carbocycles. The van der Waals surface area contributed by atoms with Crippen LogP contribution in [0.3, 0.4) is 0 Å². The van der Waals surface area contributed by atoms with Gasteiger partial charge in [0.05, 0.1) is 0 Å². The highest BCUT2D eigenvalue weighted by Crippen LogP contribution is 2.22. The summed E-state index contributed by atoms with van der Waals surface area (Å²) in [6.45, 7) is 1.74. The molecule has 1 aromatic rings. The van der Waals surface area contributed by atoms with Crippen LogP contribution in [0.2, 0.25) is 0 Å². The van der Waals surface area contributed by atoms with Crippen LogP contribution in [-0.4, -0.2) is 25.0 Å². The van der Waals surface area contributed by atoms with Gasteiger partial charge in [-0.1, -0.05) is 0 Å². The van der Waals surface area contributed by atoms with Gasteiger partial charge in [0.2, 0.25) is 0 Å². The number of amides is 1. The standard InChI is InChI=1S/C11H15BrN2OS/c12-9-4-7-16-10(9)11(15)14-6-1-5-13-8-2-3-8/h4,7-8,13H,1-3,5-6H2,(H,14,15). The van der Waals surface area contributed by atoms with Crippen LogP contribution in [0.5, 0.6) is 0 Å². The molecule has 16 heavy (non-hydrogen) atoms. The normalized spacial score (nSPS) is 15.1. The molecule has 2 N–H and O–H groups in total. The van der Waals surface area contributed by atoms with Crippen molar-refractivity contribution in [1.82, 2.24) is 10.6 Å². The minimum absolute atomic E-state index is 0.0216. The highest BCUT2D eigenvalue weighted by atomic mass is 79.9. The molecule has 0 unspecified atom stereocenters. The number of thiophene rings is 1. The van der Waals surface area contributed by atoms with Gasteiger partial charge in [-0.25, -0.2) is 0 Å². The molecule has 1 amide bonds. The number of carbonyl (C=O) groups is 1. The van der Waals surface area contributed by atoms with E-state index in [9.17, 15) is 4.79 Å². The summed E-state index contributed by atoms with van der Waals surface area (Å²) in [7, 11) is 0. The predicted molar refractivity (Wildman–Crippen MR) is 70.0 cm³/mol. The topological polar surface area (TPSA) is 41.1 Å². The van der Waals surface area contributed by atoms with Gasteiger partial charge in [0, 0.05) is 17.1 Å². The van der Waals surface area contributed by atoms with Crippen molar-refractivity contribution in [2.45, 2.75) is 25.3 Å². The largest absolute Gasteiger partial charge is 0.351 e. The van der Waals surface area contributed by atoms with E-state index >= 15 is 0 Å². The summed E-state index contributed by atoms with van der Waals surface area (Å²) in [6, 6.07) is 2.65. The second kappa shape index (κ2) is 5.80. The minimum atomic E-state index is 0.0216. The molecule has 88 valence electrons. The second-order valence-electron chi connectivity index (χ2n) is 3.94. The van der Waals surface area contributed by atoms with E-state index in [1.807, 2.05) is 11.4 Å². The van der Waals surface area contributed by atoms with Crippen molar-refractivity contribution in [2.75, 3.05) is 13.1 Å². The Morgan fingerprint density at radius 1 is 1.50 bits per heavy atom. The number of halogens is 1. The molecule has 1 heterocycles. The van der Waals surface area contributed by atoms with E-state index in [4.69, 9.17) is 0 Å². The number of nitrogens with one attached hydrogen (secondary N) is 2. The SMILES string of the molecule is O=C(NCCCNC1CC1)c1sccc1Br. The van der Waals surface area contributed by atoms with Crippen molar-refractivity contribution in [2.24, 2.45) is 0 Å². The van der Waals surface area contributed by atoms with Crippen molar-refractivity contribution < 1.29 is 4.79 Å². The van der Waals surface area contributed by atoms with Gasteiger partial charge in [0.15, 0.2) is 0 Å². The van der Waals surface area contributed by atoms with Gasteiger partial charge in [-0.05, 0) is 53.2 Å². The number of rotatable bonds is 6. The van der Waals surface area contributed by atoms with Gasteiger partial charge in [-0.2, -0.15) is 0 Å². The third kappa shape index (κ3) is 3.57. The first kappa shape index (κ1) is 12.1. The molecule has 0 radical (unpaired) electrons. The maximum absolute atomic E-state index is 11.7. The minimum Gasteiger partial charge on any atom is -0.351 e. The van der Waals surface area contributed by atoms with E-state index in [1.165, 1.54) is 24.2 Å². The fourth-order valence-corrected chi connectivity index (χ4v) is 2.89. The van der Waals surface area contributed by atoms with E-state index in [2.05, 4.69) is 26.6 Å². The fraction of sp³-hybridized carbons (Fsp3) is 0.545. The number of hydrogen-bond acceptors (Lipinski definition) is 3. The monoisotopic (exact) mass is 302 g/mol. The molecule has 2 rings (SSSR count). The lowest BCUT2D eigenvalue weighted by atomic mass is 10.4. The average molecular weight is 303 g/mol. The van der Waals surface area contributed by atoms with E-state index in [1.54, 1.807) is 0 Å². The zero-order valence-electron chi connectivity index (χ0n) is 8.96. The first-order valence-electron chi connectivity index (χ1n) is 5.52. The molecular formula is C11H15BrN2OS. The summed E-state index contributed by atoms with van der Waals surface area (Å²) in [5.74, 6) is 0.0216. The number of carbonyl (C=O) groups excluding carboxylic acids is 1. The molecule has 0 atom stereocenters. The molecule has 1 aromatic heterocycles. The lowest BCUT2D eigenvalue weighted by Gasteiger charge is -2.04. The highest BCUT2D eigenvalue weighted by molar-refractivity contribution is 9.10. The van der Waals surface area contributed by atoms with Crippen LogP contribution in [0.1, 0.15) is 28.9 Å². The zero-order valence-corrected chi connectivity index (χ0v) is 11.4. The summed E-state index contributed by atoms with van der Waals surface area (Å²) < 4.78 is 0.881. The lowest BCUT2D eigenvalue weighted by Crippen LogP contribution is -2.27. The molecule has 0 saturated heterocycles. The summed E-state index contributed by atoms with van der Waals surface area (Å²) in [5, 5.41) is 8.25. The van der Waals surface area contributed by atoms with Crippen LogP contribution < -0.4 is 10.6 Å². The lowest BCUT2D eigenvalue weighted by molar-refractivity contribution is 0.0956. The van der Waals surface area contributed by atoms with E-state index in [0.717, 1.165) is 34.9 Å². The number of hydrogen-bond donors (Lipinski definition) is 2. The molecule has 1 aliphatic carbocycles. The Kier molecular flexibility index (Phi) is 4.37. The van der Waals surface area contributed by atoms with Crippen molar-refractivity contribution in [3.63, 3.8) is 0 Å². The van der Waals surface area contributed by atoms with Crippen LogP contribution in [0.15, 0.2) is 15.9 Å². The predicted octanol–water partition coefficient (Wildman–Crippen LogP) is 2.38. The Bertz CT molecular complexity index is 363. The third-order valence-electron chi connectivity index (χ3n) is 2.47. The smallest absolute Gasteiger partial charge is 0.262 e. The van der Waals surface area contributed by atoms with Gasteiger partial charge < -0.3 is 10.6 Å². The van der Waals surface area contributed by atoms with Crippen molar-refractivity contribution in [3.05, 3.63) is 20.8 Å². The van der Waals surface area contributed by atoms with Gasteiger partial charge in [0.1, 0.15) is 4.88 Å².